The molecule has 124 valence electrons. The Hall–Kier alpha value is -2.17. The lowest BCUT2D eigenvalue weighted by Crippen LogP contribution is -2.22. The highest BCUT2D eigenvalue weighted by atomic mass is 35.5. The molecule has 1 unspecified atom stereocenters. The second kappa shape index (κ2) is 7.16. The summed E-state index contributed by atoms with van der Waals surface area (Å²) < 4.78 is 5.39. The summed E-state index contributed by atoms with van der Waals surface area (Å²) in [4.78, 5) is 6.66. The summed E-state index contributed by atoms with van der Waals surface area (Å²) in [6.45, 7) is 4.85. The third kappa shape index (κ3) is 3.83. The monoisotopic (exact) mass is 341 g/mol. The van der Waals surface area contributed by atoms with Crippen molar-refractivity contribution in [2.45, 2.75) is 26.4 Å². The summed E-state index contributed by atoms with van der Waals surface area (Å²) in [6, 6.07) is 16.2. The van der Waals surface area contributed by atoms with Crippen LogP contribution in [0.15, 0.2) is 53.1 Å². The number of hydrogen-bond donors (Lipinski definition) is 0. The number of aromatic nitrogens is 2. The van der Waals surface area contributed by atoms with Crippen LogP contribution < -0.4 is 0 Å². The summed E-state index contributed by atoms with van der Waals surface area (Å²) in [6.07, 6.45) is 0. The van der Waals surface area contributed by atoms with Gasteiger partial charge in [-0.05, 0) is 50.7 Å². The largest absolute Gasteiger partial charge is 0.338 e. The summed E-state index contributed by atoms with van der Waals surface area (Å²) in [5.74, 6) is 1.18. The number of aryl methyl sites for hydroxylation is 1. The van der Waals surface area contributed by atoms with Crippen molar-refractivity contribution in [2.75, 3.05) is 7.05 Å². The molecule has 1 heterocycles. The van der Waals surface area contributed by atoms with Crippen LogP contribution in [-0.2, 0) is 6.54 Å². The van der Waals surface area contributed by atoms with E-state index in [1.54, 1.807) is 0 Å². The molecule has 0 saturated heterocycles. The molecule has 1 aromatic heterocycles. The molecule has 0 spiro atoms. The van der Waals surface area contributed by atoms with E-state index in [9.17, 15) is 0 Å². The van der Waals surface area contributed by atoms with Gasteiger partial charge in [0.05, 0.1) is 6.54 Å². The van der Waals surface area contributed by atoms with Crippen molar-refractivity contribution in [2.24, 2.45) is 0 Å². The average molecular weight is 342 g/mol. The molecule has 24 heavy (non-hydrogen) atoms. The molecule has 2 aromatic carbocycles. The van der Waals surface area contributed by atoms with Gasteiger partial charge in [0.25, 0.3) is 0 Å². The van der Waals surface area contributed by atoms with Crippen molar-refractivity contribution in [3.8, 4) is 11.4 Å². The normalized spacial score (nSPS) is 12.5. The van der Waals surface area contributed by atoms with Crippen LogP contribution >= 0.6 is 11.6 Å². The summed E-state index contributed by atoms with van der Waals surface area (Å²) in [5.41, 5.74) is 3.42. The van der Waals surface area contributed by atoms with Crippen LogP contribution in [-0.4, -0.2) is 22.1 Å². The quantitative estimate of drug-likeness (QED) is 0.662. The first-order chi connectivity index (χ1) is 11.5. The van der Waals surface area contributed by atoms with Crippen LogP contribution in [0.1, 0.15) is 30.0 Å². The highest BCUT2D eigenvalue weighted by Crippen LogP contribution is 2.22. The molecule has 0 amide bonds. The van der Waals surface area contributed by atoms with Crippen LogP contribution in [0.25, 0.3) is 11.4 Å². The van der Waals surface area contributed by atoms with Crippen molar-refractivity contribution in [3.63, 3.8) is 0 Å². The molecular formula is C19H20ClN3O. The standard InChI is InChI=1S/C19H20ClN3O/c1-13-4-6-15(7-5-13)14(2)23(3)12-18-21-19(22-24-18)16-8-10-17(20)11-9-16/h4-11,14H,12H2,1-3H3. The molecule has 0 saturated carbocycles. The van der Waals surface area contributed by atoms with Gasteiger partial charge in [-0.1, -0.05) is 46.6 Å². The van der Waals surface area contributed by atoms with Crippen LogP contribution in [0, 0.1) is 6.92 Å². The van der Waals surface area contributed by atoms with Gasteiger partial charge in [0.2, 0.25) is 11.7 Å². The summed E-state index contributed by atoms with van der Waals surface area (Å²) in [7, 11) is 2.05. The minimum atomic E-state index is 0.261. The highest BCUT2D eigenvalue weighted by Gasteiger charge is 2.16. The molecule has 0 aliphatic rings. The SMILES string of the molecule is Cc1ccc(C(C)N(C)Cc2nc(-c3ccc(Cl)cc3)no2)cc1. The molecule has 0 aliphatic heterocycles. The van der Waals surface area contributed by atoms with Crippen molar-refractivity contribution in [1.82, 2.24) is 15.0 Å². The smallest absolute Gasteiger partial charge is 0.241 e. The molecular weight excluding hydrogens is 322 g/mol. The Labute approximate surface area is 147 Å². The van der Waals surface area contributed by atoms with Crippen LogP contribution in [0.2, 0.25) is 5.02 Å². The van der Waals surface area contributed by atoms with E-state index in [-0.39, 0.29) is 6.04 Å². The molecule has 0 fully saturated rings. The fourth-order valence-corrected chi connectivity index (χ4v) is 2.61. The van der Waals surface area contributed by atoms with Gasteiger partial charge < -0.3 is 4.52 Å². The van der Waals surface area contributed by atoms with E-state index in [0.717, 1.165) is 5.56 Å². The molecule has 0 aliphatic carbocycles. The van der Waals surface area contributed by atoms with Gasteiger partial charge in [0.15, 0.2) is 0 Å². The minimum Gasteiger partial charge on any atom is -0.338 e. The van der Waals surface area contributed by atoms with E-state index in [4.69, 9.17) is 16.1 Å². The molecule has 0 N–H and O–H groups in total. The summed E-state index contributed by atoms with van der Waals surface area (Å²) in [5, 5.41) is 4.75. The molecule has 3 rings (SSSR count). The second-order valence-electron chi connectivity index (χ2n) is 6.02. The van der Waals surface area contributed by atoms with Gasteiger partial charge in [-0.15, -0.1) is 0 Å². The second-order valence-corrected chi connectivity index (χ2v) is 6.46. The van der Waals surface area contributed by atoms with Gasteiger partial charge in [-0.3, -0.25) is 4.90 Å². The Morgan fingerprint density at radius 3 is 2.42 bits per heavy atom. The lowest BCUT2D eigenvalue weighted by Gasteiger charge is -2.23. The zero-order valence-corrected chi connectivity index (χ0v) is 14.8. The molecule has 5 heteroatoms. The number of hydrogen-bond acceptors (Lipinski definition) is 4. The Bertz CT molecular complexity index is 796. The van der Waals surface area contributed by atoms with E-state index in [1.807, 2.05) is 24.3 Å². The Balaban J connectivity index is 1.69. The molecule has 0 radical (unpaired) electrons. The number of benzene rings is 2. The third-order valence-corrected chi connectivity index (χ3v) is 4.43. The Morgan fingerprint density at radius 2 is 1.75 bits per heavy atom. The van der Waals surface area contributed by atoms with Crippen molar-refractivity contribution in [1.29, 1.82) is 0 Å². The van der Waals surface area contributed by atoms with Crippen molar-refractivity contribution >= 4 is 11.6 Å². The van der Waals surface area contributed by atoms with Gasteiger partial charge in [-0.25, -0.2) is 0 Å². The van der Waals surface area contributed by atoms with Crippen molar-refractivity contribution in [3.05, 3.63) is 70.6 Å². The maximum Gasteiger partial charge on any atom is 0.241 e. The summed E-state index contributed by atoms with van der Waals surface area (Å²) >= 11 is 5.91. The van der Waals surface area contributed by atoms with Crippen LogP contribution in [0.4, 0.5) is 0 Å². The topological polar surface area (TPSA) is 42.2 Å². The van der Waals surface area contributed by atoms with Crippen LogP contribution in [0.5, 0.6) is 0 Å². The van der Waals surface area contributed by atoms with E-state index in [0.29, 0.717) is 23.3 Å². The van der Waals surface area contributed by atoms with E-state index < -0.39 is 0 Å². The third-order valence-electron chi connectivity index (χ3n) is 4.18. The maximum absolute atomic E-state index is 5.91. The predicted molar refractivity (Wildman–Crippen MR) is 95.8 cm³/mol. The number of rotatable bonds is 5. The number of nitrogens with zero attached hydrogens (tertiary/aromatic N) is 3. The fraction of sp³-hybridized carbons (Fsp3) is 0.263. The Kier molecular flexibility index (Phi) is 4.97. The first-order valence-corrected chi connectivity index (χ1v) is 8.26. The molecule has 3 aromatic rings. The van der Waals surface area contributed by atoms with E-state index in [1.165, 1.54) is 11.1 Å². The number of halogens is 1. The predicted octanol–water partition coefficient (Wildman–Crippen LogP) is 4.89. The Morgan fingerprint density at radius 1 is 1.08 bits per heavy atom. The zero-order chi connectivity index (χ0) is 17.1. The zero-order valence-electron chi connectivity index (χ0n) is 14.0. The average Bonchev–Trinajstić information content (AvgIpc) is 3.04. The van der Waals surface area contributed by atoms with Gasteiger partial charge >= 0.3 is 0 Å². The fourth-order valence-electron chi connectivity index (χ4n) is 2.49. The van der Waals surface area contributed by atoms with E-state index >= 15 is 0 Å². The van der Waals surface area contributed by atoms with Crippen LogP contribution in [0.3, 0.4) is 0 Å². The van der Waals surface area contributed by atoms with Gasteiger partial charge in [-0.2, -0.15) is 4.98 Å². The molecule has 0 bridgehead atoms. The molecule has 1 atom stereocenters. The minimum absolute atomic E-state index is 0.261. The van der Waals surface area contributed by atoms with Crippen molar-refractivity contribution < 1.29 is 4.52 Å². The maximum atomic E-state index is 5.91. The molecule has 4 nitrogen and oxygen atoms in total. The lowest BCUT2D eigenvalue weighted by molar-refractivity contribution is 0.216. The van der Waals surface area contributed by atoms with Gasteiger partial charge in [0.1, 0.15) is 0 Å². The van der Waals surface area contributed by atoms with E-state index in [2.05, 4.69) is 60.2 Å². The first-order valence-electron chi connectivity index (χ1n) is 7.88. The first kappa shape index (κ1) is 16.7. The van der Waals surface area contributed by atoms with Gasteiger partial charge in [0, 0.05) is 16.6 Å². The highest BCUT2D eigenvalue weighted by molar-refractivity contribution is 6.30. The lowest BCUT2D eigenvalue weighted by atomic mass is 10.1.